The standard InChI is InChI=1S/C15H11F3N2O2/c16-11-6-5-10(7-13(11)18)8-19-20-15(21)9-22-14-4-2-1-3-12(14)17/h1-8H,9H2,(H,20,21)/b19-8+. The first kappa shape index (κ1) is 15.6. The Balaban J connectivity index is 1.83. The van der Waals surface area contributed by atoms with Gasteiger partial charge in [0.25, 0.3) is 5.91 Å². The van der Waals surface area contributed by atoms with E-state index in [0.29, 0.717) is 0 Å². The van der Waals surface area contributed by atoms with Crippen LogP contribution < -0.4 is 10.2 Å². The fourth-order valence-electron chi connectivity index (χ4n) is 1.51. The Bertz CT molecular complexity index is 705. The van der Waals surface area contributed by atoms with Crippen LogP contribution in [0.4, 0.5) is 13.2 Å². The summed E-state index contributed by atoms with van der Waals surface area (Å²) in [5.41, 5.74) is 2.39. The zero-order valence-electron chi connectivity index (χ0n) is 11.2. The molecule has 0 aromatic heterocycles. The number of amides is 1. The monoisotopic (exact) mass is 308 g/mol. The van der Waals surface area contributed by atoms with E-state index in [2.05, 4.69) is 10.5 Å². The lowest BCUT2D eigenvalue weighted by atomic mass is 10.2. The number of para-hydroxylation sites is 1. The van der Waals surface area contributed by atoms with Crippen molar-refractivity contribution in [2.24, 2.45) is 5.10 Å². The van der Waals surface area contributed by atoms with Gasteiger partial charge in [-0.05, 0) is 29.8 Å². The predicted octanol–water partition coefficient (Wildman–Crippen LogP) is 2.63. The highest BCUT2D eigenvalue weighted by molar-refractivity contribution is 5.82. The molecule has 0 saturated heterocycles. The van der Waals surface area contributed by atoms with E-state index in [0.717, 1.165) is 18.3 Å². The maximum atomic E-state index is 13.2. The van der Waals surface area contributed by atoms with Crippen molar-refractivity contribution in [1.29, 1.82) is 0 Å². The lowest BCUT2D eigenvalue weighted by Crippen LogP contribution is -2.24. The van der Waals surface area contributed by atoms with Crippen LogP contribution in [0.5, 0.6) is 5.75 Å². The summed E-state index contributed by atoms with van der Waals surface area (Å²) in [6.07, 6.45) is 1.14. The van der Waals surface area contributed by atoms with Crippen molar-refractivity contribution in [1.82, 2.24) is 5.43 Å². The molecular weight excluding hydrogens is 297 g/mol. The first-order chi connectivity index (χ1) is 10.6. The predicted molar refractivity (Wildman–Crippen MR) is 74.0 cm³/mol. The van der Waals surface area contributed by atoms with Gasteiger partial charge in [-0.1, -0.05) is 18.2 Å². The highest BCUT2D eigenvalue weighted by Gasteiger charge is 2.05. The number of nitrogens with one attached hydrogen (secondary N) is 1. The maximum absolute atomic E-state index is 13.2. The molecule has 0 bridgehead atoms. The van der Waals surface area contributed by atoms with Crippen molar-refractivity contribution < 1.29 is 22.7 Å². The van der Waals surface area contributed by atoms with Crippen LogP contribution in [0, 0.1) is 17.5 Å². The molecule has 7 heteroatoms. The summed E-state index contributed by atoms with van der Waals surface area (Å²) < 4.78 is 43.8. The Kier molecular flexibility index (Phi) is 5.13. The average Bonchev–Trinajstić information content (AvgIpc) is 2.50. The quantitative estimate of drug-likeness (QED) is 0.682. The molecule has 22 heavy (non-hydrogen) atoms. The number of halogens is 3. The van der Waals surface area contributed by atoms with Crippen LogP contribution >= 0.6 is 0 Å². The van der Waals surface area contributed by atoms with Crippen molar-refractivity contribution >= 4 is 12.1 Å². The van der Waals surface area contributed by atoms with E-state index in [1.165, 1.54) is 24.3 Å². The summed E-state index contributed by atoms with van der Waals surface area (Å²) in [7, 11) is 0. The van der Waals surface area contributed by atoms with E-state index in [1.807, 2.05) is 0 Å². The number of carbonyl (C=O) groups excluding carboxylic acids is 1. The third-order valence-electron chi connectivity index (χ3n) is 2.54. The topological polar surface area (TPSA) is 50.7 Å². The number of ether oxygens (including phenoxy) is 1. The molecule has 1 amide bonds. The largest absolute Gasteiger partial charge is 0.481 e. The zero-order chi connectivity index (χ0) is 15.9. The van der Waals surface area contributed by atoms with Crippen molar-refractivity contribution in [3.63, 3.8) is 0 Å². The van der Waals surface area contributed by atoms with Crippen LogP contribution in [0.1, 0.15) is 5.56 Å². The van der Waals surface area contributed by atoms with Gasteiger partial charge in [0.2, 0.25) is 0 Å². The van der Waals surface area contributed by atoms with E-state index >= 15 is 0 Å². The van der Waals surface area contributed by atoms with E-state index < -0.39 is 30.0 Å². The van der Waals surface area contributed by atoms with Crippen molar-refractivity contribution in [3.8, 4) is 5.75 Å². The molecule has 0 spiro atoms. The van der Waals surface area contributed by atoms with Crippen LogP contribution in [0.15, 0.2) is 47.6 Å². The van der Waals surface area contributed by atoms with Gasteiger partial charge in [-0.15, -0.1) is 0 Å². The van der Waals surface area contributed by atoms with Crippen LogP contribution in [0.3, 0.4) is 0 Å². The average molecular weight is 308 g/mol. The van der Waals surface area contributed by atoms with Gasteiger partial charge in [-0.25, -0.2) is 18.6 Å². The molecule has 0 saturated carbocycles. The number of benzene rings is 2. The Morgan fingerprint density at radius 1 is 1.09 bits per heavy atom. The Labute approximate surface area is 124 Å². The summed E-state index contributed by atoms with van der Waals surface area (Å²) in [4.78, 5) is 11.4. The minimum absolute atomic E-state index is 0.0535. The fraction of sp³-hybridized carbons (Fsp3) is 0.0667. The van der Waals surface area contributed by atoms with Gasteiger partial charge >= 0.3 is 0 Å². The first-order valence-corrected chi connectivity index (χ1v) is 6.20. The molecule has 0 fully saturated rings. The number of hydrogen-bond acceptors (Lipinski definition) is 3. The summed E-state index contributed by atoms with van der Waals surface area (Å²) in [6, 6.07) is 8.82. The van der Waals surface area contributed by atoms with E-state index in [4.69, 9.17) is 4.74 Å². The summed E-state index contributed by atoms with van der Waals surface area (Å²) >= 11 is 0. The van der Waals surface area contributed by atoms with Crippen molar-refractivity contribution in [3.05, 3.63) is 65.5 Å². The molecule has 2 aromatic carbocycles. The van der Waals surface area contributed by atoms with Crippen LogP contribution in [0.25, 0.3) is 0 Å². The molecule has 0 atom stereocenters. The number of hydrogen-bond donors (Lipinski definition) is 1. The second kappa shape index (κ2) is 7.26. The Morgan fingerprint density at radius 3 is 2.59 bits per heavy atom. The smallest absolute Gasteiger partial charge is 0.277 e. The number of nitrogens with zero attached hydrogens (tertiary/aromatic N) is 1. The second-order valence-electron chi connectivity index (χ2n) is 4.19. The number of rotatable bonds is 5. The van der Waals surface area contributed by atoms with E-state index in [1.54, 1.807) is 6.07 Å². The summed E-state index contributed by atoms with van der Waals surface area (Å²) in [5, 5.41) is 3.56. The molecule has 0 aliphatic rings. The minimum atomic E-state index is -1.02. The Morgan fingerprint density at radius 2 is 1.86 bits per heavy atom. The van der Waals surface area contributed by atoms with Gasteiger partial charge in [0.1, 0.15) is 0 Å². The normalized spacial score (nSPS) is 10.7. The lowest BCUT2D eigenvalue weighted by Gasteiger charge is -2.05. The van der Waals surface area contributed by atoms with Crippen LogP contribution in [0.2, 0.25) is 0 Å². The SMILES string of the molecule is O=C(COc1ccccc1F)N/N=C/c1ccc(F)c(F)c1. The molecule has 0 radical (unpaired) electrons. The summed E-state index contributed by atoms with van der Waals surface area (Å²) in [6.45, 7) is -0.434. The van der Waals surface area contributed by atoms with E-state index in [9.17, 15) is 18.0 Å². The minimum Gasteiger partial charge on any atom is -0.481 e. The van der Waals surface area contributed by atoms with Gasteiger partial charge in [0.15, 0.2) is 29.8 Å². The van der Waals surface area contributed by atoms with Gasteiger partial charge in [0.05, 0.1) is 6.21 Å². The molecule has 0 unspecified atom stereocenters. The van der Waals surface area contributed by atoms with Crippen LogP contribution in [-0.2, 0) is 4.79 Å². The highest BCUT2D eigenvalue weighted by atomic mass is 19.2. The Hall–Kier alpha value is -2.83. The van der Waals surface area contributed by atoms with Crippen molar-refractivity contribution in [2.45, 2.75) is 0 Å². The highest BCUT2D eigenvalue weighted by Crippen LogP contribution is 2.14. The van der Waals surface area contributed by atoms with Crippen LogP contribution in [-0.4, -0.2) is 18.7 Å². The third kappa shape index (κ3) is 4.34. The molecule has 4 nitrogen and oxygen atoms in total. The number of carbonyl (C=O) groups is 1. The summed E-state index contributed by atoms with van der Waals surface area (Å²) in [5.74, 6) is -3.25. The molecule has 2 rings (SSSR count). The van der Waals surface area contributed by atoms with Gasteiger partial charge < -0.3 is 4.74 Å². The van der Waals surface area contributed by atoms with Gasteiger partial charge in [0, 0.05) is 0 Å². The molecule has 1 N–H and O–H groups in total. The number of hydrazone groups is 1. The molecular formula is C15H11F3N2O2. The maximum Gasteiger partial charge on any atom is 0.277 e. The molecule has 0 aliphatic heterocycles. The van der Waals surface area contributed by atoms with Gasteiger partial charge in [-0.3, -0.25) is 4.79 Å². The molecule has 0 aliphatic carbocycles. The van der Waals surface area contributed by atoms with Crippen molar-refractivity contribution in [2.75, 3.05) is 6.61 Å². The lowest BCUT2D eigenvalue weighted by molar-refractivity contribution is -0.123. The first-order valence-electron chi connectivity index (χ1n) is 6.20. The second-order valence-corrected chi connectivity index (χ2v) is 4.19. The fourth-order valence-corrected chi connectivity index (χ4v) is 1.51. The molecule has 114 valence electrons. The van der Waals surface area contributed by atoms with Gasteiger partial charge in [-0.2, -0.15) is 5.10 Å². The third-order valence-corrected chi connectivity index (χ3v) is 2.54. The molecule has 2 aromatic rings. The molecule has 0 heterocycles. The zero-order valence-corrected chi connectivity index (χ0v) is 11.2. The van der Waals surface area contributed by atoms with E-state index in [-0.39, 0.29) is 11.3 Å².